The van der Waals surface area contributed by atoms with Crippen LogP contribution in [0.15, 0.2) is 0 Å². The van der Waals surface area contributed by atoms with Gasteiger partial charge < -0.3 is 10.5 Å². The van der Waals surface area contributed by atoms with E-state index in [0.717, 1.165) is 39.3 Å². The van der Waals surface area contributed by atoms with Gasteiger partial charge in [0.2, 0.25) is 0 Å². The molecule has 3 heteroatoms. The molecule has 0 saturated carbocycles. The first kappa shape index (κ1) is 15.9. The van der Waals surface area contributed by atoms with Crippen LogP contribution < -0.4 is 5.73 Å². The molecule has 1 fully saturated rings. The van der Waals surface area contributed by atoms with Crippen molar-refractivity contribution in [3.63, 3.8) is 0 Å². The highest BCUT2D eigenvalue weighted by atomic mass is 16.5. The van der Waals surface area contributed by atoms with Crippen molar-refractivity contribution in [3.8, 4) is 0 Å². The van der Waals surface area contributed by atoms with E-state index in [9.17, 15) is 0 Å². The first-order chi connectivity index (χ1) is 8.73. The van der Waals surface area contributed by atoms with Crippen molar-refractivity contribution in [2.24, 2.45) is 5.73 Å². The summed E-state index contributed by atoms with van der Waals surface area (Å²) in [7, 11) is 0. The van der Waals surface area contributed by atoms with Gasteiger partial charge in [-0.2, -0.15) is 0 Å². The fraction of sp³-hybridized carbons (Fsp3) is 1.00. The van der Waals surface area contributed by atoms with Crippen LogP contribution in [0.5, 0.6) is 0 Å². The molecule has 0 spiro atoms. The minimum Gasteiger partial charge on any atom is -0.380 e. The fourth-order valence-electron chi connectivity index (χ4n) is 2.78. The van der Waals surface area contributed by atoms with Gasteiger partial charge in [0.1, 0.15) is 0 Å². The fourth-order valence-corrected chi connectivity index (χ4v) is 2.78. The van der Waals surface area contributed by atoms with E-state index in [2.05, 4.69) is 18.7 Å². The molecule has 0 radical (unpaired) electrons. The average molecular weight is 256 g/mol. The van der Waals surface area contributed by atoms with Crippen LogP contribution >= 0.6 is 0 Å². The molecule has 0 amide bonds. The highest BCUT2D eigenvalue weighted by Gasteiger charge is 2.30. The highest BCUT2D eigenvalue weighted by molar-refractivity contribution is 4.88. The lowest BCUT2D eigenvalue weighted by Gasteiger charge is -2.40. The van der Waals surface area contributed by atoms with Gasteiger partial charge in [0.15, 0.2) is 0 Å². The summed E-state index contributed by atoms with van der Waals surface area (Å²) in [6.07, 6.45) is 9.10. The molecule has 1 heterocycles. The minimum atomic E-state index is 0.180. The summed E-state index contributed by atoms with van der Waals surface area (Å²) < 4.78 is 5.54. The van der Waals surface area contributed by atoms with E-state index in [1.54, 1.807) is 0 Å². The maximum atomic E-state index is 6.05. The van der Waals surface area contributed by atoms with Gasteiger partial charge in [-0.15, -0.1) is 0 Å². The Morgan fingerprint density at radius 1 is 1.11 bits per heavy atom. The smallest absolute Gasteiger partial charge is 0.0593 e. The van der Waals surface area contributed by atoms with E-state index in [4.69, 9.17) is 10.5 Å². The van der Waals surface area contributed by atoms with Gasteiger partial charge in [-0.3, -0.25) is 4.90 Å². The summed E-state index contributed by atoms with van der Waals surface area (Å²) in [6.45, 7) is 9.32. The molecule has 3 nitrogen and oxygen atoms in total. The van der Waals surface area contributed by atoms with Crippen molar-refractivity contribution in [3.05, 3.63) is 0 Å². The molecule has 0 aromatic rings. The van der Waals surface area contributed by atoms with E-state index in [0.29, 0.717) is 0 Å². The summed E-state index contributed by atoms with van der Waals surface area (Å²) in [4.78, 5) is 2.56. The minimum absolute atomic E-state index is 0.180. The molecule has 1 saturated heterocycles. The van der Waals surface area contributed by atoms with Gasteiger partial charge >= 0.3 is 0 Å². The largest absolute Gasteiger partial charge is 0.380 e. The number of nitrogens with two attached hydrogens (primary N) is 1. The van der Waals surface area contributed by atoms with Crippen LogP contribution in [0.25, 0.3) is 0 Å². The monoisotopic (exact) mass is 256 g/mol. The Kier molecular flexibility index (Phi) is 7.87. The van der Waals surface area contributed by atoms with Gasteiger partial charge in [0, 0.05) is 31.8 Å². The molecule has 0 bridgehead atoms. The number of ether oxygens (including phenoxy) is 1. The van der Waals surface area contributed by atoms with Crippen molar-refractivity contribution in [1.82, 2.24) is 4.90 Å². The molecular weight excluding hydrogens is 224 g/mol. The molecule has 1 rings (SSSR count). The van der Waals surface area contributed by atoms with Crippen LogP contribution in [0.4, 0.5) is 0 Å². The average Bonchev–Trinajstić information content (AvgIpc) is 2.67. The first-order valence-electron chi connectivity index (χ1n) is 7.76. The third-order valence-electron chi connectivity index (χ3n) is 4.24. The van der Waals surface area contributed by atoms with Crippen molar-refractivity contribution >= 4 is 0 Å². The summed E-state index contributed by atoms with van der Waals surface area (Å²) in [5.41, 5.74) is 6.23. The van der Waals surface area contributed by atoms with Crippen molar-refractivity contribution in [2.45, 2.75) is 64.3 Å². The highest BCUT2D eigenvalue weighted by Crippen LogP contribution is 2.23. The lowest BCUT2D eigenvalue weighted by molar-refractivity contribution is 0.0859. The van der Waals surface area contributed by atoms with Crippen molar-refractivity contribution in [2.75, 3.05) is 32.8 Å². The van der Waals surface area contributed by atoms with E-state index < -0.39 is 0 Å². The lowest BCUT2D eigenvalue weighted by atomic mass is 9.91. The molecular formula is C15H32N2O. The van der Waals surface area contributed by atoms with Crippen LogP contribution in [0.1, 0.15) is 58.8 Å². The Hall–Kier alpha value is -0.120. The molecule has 1 unspecified atom stereocenters. The van der Waals surface area contributed by atoms with Gasteiger partial charge in [-0.25, -0.2) is 0 Å². The molecule has 0 aromatic carbocycles. The van der Waals surface area contributed by atoms with Gasteiger partial charge in [0.05, 0.1) is 6.61 Å². The standard InChI is InChI=1S/C15H32N2O/c1-3-4-5-6-7-9-15(2,14-16)17-10-8-12-18-13-11-17/h3-14,16H2,1-2H3. The van der Waals surface area contributed by atoms with Gasteiger partial charge in [-0.1, -0.05) is 39.0 Å². The summed E-state index contributed by atoms with van der Waals surface area (Å²) >= 11 is 0. The van der Waals surface area contributed by atoms with Crippen LogP contribution in [0.3, 0.4) is 0 Å². The third kappa shape index (κ3) is 5.25. The third-order valence-corrected chi connectivity index (χ3v) is 4.24. The number of hydrogen-bond donors (Lipinski definition) is 1. The zero-order valence-corrected chi connectivity index (χ0v) is 12.4. The number of hydrogen-bond acceptors (Lipinski definition) is 3. The van der Waals surface area contributed by atoms with E-state index >= 15 is 0 Å². The topological polar surface area (TPSA) is 38.5 Å². The second kappa shape index (κ2) is 8.89. The van der Waals surface area contributed by atoms with E-state index in [-0.39, 0.29) is 5.54 Å². The van der Waals surface area contributed by atoms with Crippen LogP contribution in [-0.2, 0) is 4.74 Å². The molecule has 2 N–H and O–H groups in total. The predicted octanol–water partition coefficient (Wildman–Crippen LogP) is 2.79. The zero-order valence-electron chi connectivity index (χ0n) is 12.4. The summed E-state index contributed by atoms with van der Waals surface area (Å²) in [6, 6.07) is 0. The summed E-state index contributed by atoms with van der Waals surface area (Å²) in [5, 5.41) is 0. The first-order valence-corrected chi connectivity index (χ1v) is 7.76. The van der Waals surface area contributed by atoms with Crippen molar-refractivity contribution < 1.29 is 4.74 Å². The molecule has 0 aromatic heterocycles. The molecule has 1 aliphatic heterocycles. The van der Waals surface area contributed by atoms with E-state index in [1.807, 2.05) is 0 Å². The number of nitrogens with zero attached hydrogens (tertiary/aromatic N) is 1. The lowest BCUT2D eigenvalue weighted by Crippen LogP contribution is -2.52. The Morgan fingerprint density at radius 2 is 1.89 bits per heavy atom. The van der Waals surface area contributed by atoms with Crippen LogP contribution in [-0.4, -0.2) is 43.3 Å². The Bertz CT molecular complexity index is 203. The number of unbranched alkanes of at least 4 members (excludes halogenated alkanes) is 4. The summed E-state index contributed by atoms with van der Waals surface area (Å²) in [5.74, 6) is 0. The second-order valence-electron chi connectivity index (χ2n) is 5.82. The second-order valence-corrected chi connectivity index (χ2v) is 5.82. The molecule has 1 atom stereocenters. The Morgan fingerprint density at radius 3 is 2.61 bits per heavy atom. The molecule has 108 valence electrons. The maximum Gasteiger partial charge on any atom is 0.0593 e. The number of rotatable bonds is 8. The Balaban J connectivity index is 2.34. The zero-order chi connectivity index (χ0) is 13.3. The molecule has 1 aliphatic rings. The van der Waals surface area contributed by atoms with Crippen LogP contribution in [0.2, 0.25) is 0 Å². The van der Waals surface area contributed by atoms with Crippen molar-refractivity contribution in [1.29, 1.82) is 0 Å². The van der Waals surface area contributed by atoms with Crippen LogP contribution in [0, 0.1) is 0 Å². The quantitative estimate of drug-likeness (QED) is 0.679. The predicted molar refractivity (Wildman–Crippen MR) is 77.8 cm³/mol. The Labute approximate surface area is 113 Å². The molecule has 0 aliphatic carbocycles. The van der Waals surface area contributed by atoms with Gasteiger partial charge in [-0.05, 0) is 19.8 Å². The SMILES string of the molecule is CCCCCCCC(C)(CN)N1CCCOCC1. The maximum absolute atomic E-state index is 6.05. The van der Waals surface area contributed by atoms with Gasteiger partial charge in [0.25, 0.3) is 0 Å². The normalized spacial score (nSPS) is 21.5. The van der Waals surface area contributed by atoms with E-state index in [1.165, 1.54) is 38.5 Å². The molecule has 18 heavy (non-hydrogen) atoms.